The second-order valence-corrected chi connectivity index (χ2v) is 5.25. The molecule has 3 N–H and O–H groups in total. The number of hydrogen-bond acceptors (Lipinski definition) is 6. The molecule has 7 nitrogen and oxygen atoms in total. The molecule has 0 fully saturated rings. The van der Waals surface area contributed by atoms with E-state index in [0.717, 1.165) is 17.3 Å². The predicted molar refractivity (Wildman–Crippen MR) is 79.5 cm³/mol. The first-order chi connectivity index (χ1) is 10.6. The van der Waals surface area contributed by atoms with Crippen LogP contribution in [0.5, 0.6) is 0 Å². The highest BCUT2D eigenvalue weighted by Crippen LogP contribution is 2.15. The quantitative estimate of drug-likeness (QED) is 0.325. The van der Waals surface area contributed by atoms with E-state index in [1.54, 1.807) is 0 Å². The summed E-state index contributed by atoms with van der Waals surface area (Å²) in [6.45, 7) is 0. The molecule has 8 heteroatoms. The van der Waals surface area contributed by atoms with Gasteiger partial charge in [0.05, 0.1) is 11.4 Å². The highest BCUT2D eigenvalue weighted by Gasteiger charge is 2.13. The molecule has 2 aromatic rings. The van der Waals surface area contributed by atoms with Gasteiger partial charge in [-0.15, -0.1) is 0 Å². The number of aromatic nitrogens is 2. The number of carbonyl (C=O) groups excluding carboxylic acids is 1. The van der Waals surface area contributed by atoms with E-state index in [2.05, 4.69) is 9.97 Å². The molecule has 1 amide bonds. The third-order valence-electron chi connectivity index (χ3n) is 2.76. The summed E-state index contributed by atoms with van der Waals surface area (Å²) in [7, 11) is 0. The average molecular weight is 316 g/mol. The van der Waals surface area contributed by atoms with Gasteiger partial charge < -0.3 is 4.98 Å². The smallest absolute Gasteiger partial charge is 0.269 e. The summed E-state index contributed by atoms with van der Waals surface area (Å²) in [5.41, 5.74) is 2.18. The molecule has 0 saturated heterocycles. The van der Waals surface area contributed by atoms with Crippen molar-refractivity contribution in [2.75, 3.05) is 5.75 Å². The van der Waals surface area contributed by atoms with E-state index >= 15 is 0 Å². The average Bonchev–Trinajstić information content (AvgIpc) is 2.53. The summed E-state index contributed by atoms with van der Waals surface area (Å²) in [6, 6.07) is 11.2. The fraction of sp³-hybridized carbons (Fsp3) is 0.143. The molecular formula is C14H12N4O3S. The topological polar surface area (TPSA) is 119 Å². The fourth-order valence-corrected chi connectivity index (χ4v) is 2.44. The van der Waals surface area contributed by atoms with Crippen molar-refractivity contribution < 1.29 is 10.0 Å². The number of aromatic amines is 1. The second kappa shape index (κ2) is 7.40. The largest absolute Gasteiger partial charge is 0.300 e. The highest BCUT2D eigenvalue weighted by atomic mass is 32.2. The van der Waals surface area contributed by atoms with Crippen LogP contribution in [-0.2, 0) is 11.2 Å². The zero-order valence-corrected chi connectivity index (χ0v) is 12.2. The van der Waals surface area contributed by atoms with E-state index in [9.17, 15) is 9.59 Å². The van der Waals surface area contributed by atoms with Crippen molar-refractivity contribution in [2.24, 2.45) is 0 Å². The SMILES string of the molecule is N#Cc1c(Cc2ccccc2)nc(SCC(=O)NO)[nH]c1=O. The number of nitrogens with zero attached hydrogens (tertiary/aromatic N) is 2. The maximum atomic E-state index is 11.9. The number of thioether (sulfide) groups is 1. The fourth-order valence-electron chi connectivity index (χ4n) is 1.76. The lowest BCUT2D eigenvalue weighted by Gasteiger charge is -2.06. The number of benzene rings is 1. The zero-order chi connectivity index (χ0) is 15.9. The molecule has 1 aromatic heterocycles. The molecule has 2 rings (SSSR count). The van der Waals surface area contributed by atoms with Gasteiger partial charge in [-0.25, -0.2) is 10.5 Å². The maximum absolute atomic E-state index is 11.9. The normalized spacial score (nSPS) is 10.0. The number of hydrogen-bond donors (Lipinski definition) is 3. The molecule has 0 bridgehead atoms. The van der Waals surface area contributed by atoms with Gasteiger partial charge in [0.25, 0.3) is 11.5 Å². The first kappa shape index (κ1) is 15.8. The maximum Gasteiger partial charge on any atom is 0.269 e. The van der Waals surface area contributed by atoms with Gasteiger partial charge in [0.15, 0.2) is 5.16 Å². The van der Waals surface area contributed by atoms with Gasteiger partial charge in [-0.2, -0.15) is 5.26 Å². The Hall–Kier alpha value is -2.63. The van der Waals surface area contributed by atoms with Gasteiger partial charge in [-0.3, -0.25) is 14.8 Å². The van der Waals surface area contributed by atoms with Crippen molar-refractivity contribution in [1.82, 2.24) is 15.4 Å². The Morgan fingerprint density at radius 2 is 2.14 bits per heavy atom. The Labute approximate surface area is 130 Å². The number of H-pyrrole nitrogens is 1. The molecule has 1 heterocycles. The minimum absolute atomic E-state index is 0.0418. The van der Waals surface area contributed by atoms with Crippen LogP contribution in [0.2, 0.25) is 0 Å². The van der Waals surface area contributed by atoms with Crippen LogP contribution in [0.15, 0.2) is 40.3 Å². The number of hydroxylamine groups is 1. The number of nitriles is 1. The van der Waals surface area contributed by atoms with Crippen molar-refractivity contribution in [3.05, 3.63) is 57.5 Å². The zero-order valence-electron chi connectivity index (χ0n) is 11.4. The van der Waals surface area contributed by atoms with Gasteiger partial charge >= 0.3 is 0 Å². The number of nitrogens with one attached hydrogen (secondary N) is 2. The third-order valence-corrected chi connectivity index (χ3v) is 3.64. The third kappa shape index (κ3) is 3.94. The van der Waals surface area contributed by atoms with Gasteiger partial charge in [0, 0.05) is 6.42 Å². The van der Waals surface area contributed by atoms with Crippen LogP contribution >= 0.6 is 11.8 Å². The number of rotatable bonds is 5. The Kier molecular flexibility index (Phi) is 5.30. The van der Waals surface area contributed by atoms with Gasteiger partial charge in [0.1, 0.15) is 11.6 Å². The predicted octanol–water partition coefficient (Wildman–Crippen LogP) is 0.830. The van der Waals surface area contributed by atoms with Gasteiger partial charge in [-0.1, -0.05) is 42.1 Å². The van der Waals surface area contributed by atoms with Crippen LogP contribution in [0.4, 0.5) is 0 Å². The van der Waals surface area contributed by atoms with E-state index in [0.29, 0.717) is 12.1 Å². The summed E-state index contributed by atoms with van der Waals surface area (Å²) >= 11 is 0.963. The Morgan fingerprint density at radius 1 is 1.41 bits per heavy atom. The van der Waals surface area contributed by atoms with E-state index < -0.39 is 11.5 Å². The van der Waals surface area contributed by atoms with Crippen molar-refractivity contribution in [1.29, 1.82) is 5.26 Å². The van der Waals surface area contributed by atoms with Crippen molar-refractivity contribution in [3.63, 3.8) is 0 Å². The summed E-state index contributed by atoms with van der Waals surface area (Å²) in [4.78, 5) is 29.6. The van der Waals surface area contributed by atoms with Crippen LogP contribution in [0.1, 0.15) is 16.8 Å². The first-order valence-corrected chi connectivity index (χ1v) is 7.25. The van der Waals surface area contributed by atoms with Crippen molar-refractivity contribution in [2.45, 2.75) is 11.6 Å². The van der Waals surface area contributed by atoms with Crippen molar-refractivity contribution in [3.8, 4) is 6.07 Å². The van der Waals surface area contributed by atoms with Crippen LogP contribution in [0.25, 0.3) is 0 Å². The molecule has 0 aliphatic heterocycles. The molecule has 0 radical (unpaired) electrons. The molecular weight excluding hydrogens is 304 g/mol. The van der Waals surface area contributed by atoms with Gasteiger partial charge in [-0.05, 0) is 5.56 Å². The molecule has 0 aliphatic rings. The van der Waals surface area contributed by atoms with E-state index in [4.69, 9.17) is 10.5 Å². The second-order valence-electron chi connectivity index (χ2n) is 4.29. The molecule has 0 saturated carbocycles. The first-order valence-electron chi connectivity index (χ1n) is 6.27. The lowest BCUT2D eigenvalue weighted by molar-refractivity contribution is -0.126. The number of amides is 1. The molecule has 0 unspecified atom stereocenters. The van der Waals surface area contributed by atoms with Crippen LogP contribution < -0.4 is 11.0 Å². The van der Waals surface area contributed by atoms with E-state index in [1.165, 1.54) is 5.48 Å². The summed E-state index contributed by atoms with van der Waals surface area (Å²) in [6.07, 6.45) is 0.341. The lowest BCUT2D eigenvalue weighted by Crippen LogP contribution is -2.22. The van der Waals surface area contributed by atoms with Crippen LogP contribution in [0.3, 0.4) is 0 Å². The van der Waals surface area contributed by atoms with Crippen molar-refractivity contribution >= 4 is 17.7 Å². The standard InChI is InChI=1S/C14H12N4O3S/c15-7-10-11(6-9-4-2-1-3-5-9)16-14(17-13(10)20)22-8-12(19)18-21/h1-5,21H,6,8H2,(H,18,19)(H,16,17,20). The van der Waals surface area contributed by atoms with E-state index in [1.807, 2.05) is 36.4 Å². The minimum atomic E-state index is -0.610. The molecule has 22 heavy (non-hydrogen) atoms. The number of carbonyl (C=O) groups is 1. The lowest BCUT2D eigenvalue weighted by atomic mass is 10.1. The highest BCUT2D eigenvalue weighted by molar-refractivity contribution is 7.99. The summed E-state index contributed by atoms with van der Waals surface area (Å²) in [5, 5.41) is 17.8. The summed E-state index contributed by atoms with van der Waals surface area (Å²) < 4.78 is 0. The van der Waals surface area contributed by atoms with Crippen LogP contribution in [-0.4, -0.2) is 26.8 Å². The van der Waals surface area contributed by atoms with Gasteiger partial charge in [0.2, 0.25) is 0 Å². The Balaban J connectivity index is 2.30. The van der Waals surface area contributed by atoms with Crippen LogP contribution in [0, 0.1) is 11.3 Å². The Bertz CT molecular complexity index is 768. The minimum Gasteiger partial charge on any atom is -0.300 e. The van der Waals surface area contributed by atoms with E-state index in [-0.39, 0.29) is 16.5 Å². The molecule has 1 aromatic carbocycles. The molecule has 0 atom stereocenters. The summed E-state index contributed by atoms with van der Waals surface area (Å²) in [5.74, 6) is -0.711. The molecule has 0 aliphatic carbocycles. The monoisotopic (exact) mass is 316 g/mol. The molecule has 0 spiro atoms. The molecule has 112 valence electrons. The Morgan fingerprint density at radius 3 is 2.77 bits per heavy atom.